The molecule has 0 saturated heterocycles. The van der Waals surface area contributed by atoms with Crippen LogP contribution in [0.4, 0.5) is 14.9 Å². The first-order valence-corrected chi connectivity index (χ1v) is 10.9. The van der Waals surface area contributed by atoms with Gasteiger partial charge in [0.2, 0.25) is 5.91 Å². The molecule has 172 valence electrons. The topological polar surface area (TPSA) is 105 Å². The van der Waals surface area contributed by atoms with Crippen molar-refractivity contribution in [2.75, 3.05) is 11.9 Å². The molecule has 0 atom stereocenters. The van der Waals surface area contributed by atoms with Gasteiger partial charge >= 0.3 is 12.1 Å². The smallest absolute Gasteiger partial charge is 0.408 e. The van der Waals surface area contributed by atoms with Crippen LogP contribution in [0.15, 0.2) is 66.7 Å². The summed E-state index contributed by atoms with van der Waals surface area (Å²) >= 11 is 0. The Hall–Kier alpha value is -4.20. The normalized spacial score (nSPS) is 15.1. The molecule has 3 aromatic rings. The number of carboxylic acid groups (broad SMARTS) is 1. The summed E-state index contributed by atoms with van der Waals surface area (Å²) in [6.07, 6.45) is -0.0127. The number of halogens is 1. The van der Waals surface area contributed by atoms with Crippen LogP contribution in [-0.2, 0) is 9.53 Å². The van der Waals surface area contributed by atoms with Crippen LogP contribution in [0.2, 0.25) is 0 Å². The molecule has 0 radical (unpaired) electrons. The van der Waals surface area contributed by atoms with E-state index in [2.05, 4.69) is 10.6 Å². The van der Waals surface area contributed by atoms with Gasteiger partial charge < -0.3 is 20.5 Å². The number of fused-ring (bicyclic) bond motifs is 3. The predicted octanol–water partition coefficient (Wildman–Crippen LogP) is 4.53. The monoisotopic (exact) mass is 460 g/mol. The fourth-order valence-electron chi connectivity index (χ4n) is 4.36. The van der Waals surface area contributed by atoms with Gasteiger partial charge in [0.1, 0.15) is 18.0 Å². The minimum absolute atomic E-state index is 0.104. The fourth-order valence-corrected chi connectivity index (χ4v) is 4.36. The lowest BCUT2D eigenvalue weighted by Gasteiger charge is -2.19. The Balaban J connectivity index is 1.25. The zero-order valence-electron chi connectivity index (χ0n) is 18.0. The van der Waals surface area contributed by atoms with Crippen molar-refractivity contribution in [2.45, 2.75) is 24.3 Å². The molecule has 2 aliphatic rings. The molecular weight excluding hydrogens is 439 g/mol. The molecule has 0 aliphatic heterocycles. The number of amides is 2. The van der Waals surface area contributed by atoms with Gasteiger partial charge in [0, 0.05) is 5.92 Å². The maximum Gasteiger partial charge on any atom is 0.408 e. The Bertz CT molecular complexity index is 1270. The molecule has 3 N–H and O–H groups in total. The Morgan fingerprint density at radius 3 is 2.18 bits per heavy atom. The number of hydrogen-bond acceptors (Lipinski definition) is 4. The van der Waals surface area contributed by atoms with Crippen LogP contribution in [-0.4, -0.2) is 35.2 Å². The first kappa shape index (κ1) is 21.6. The van der Waals surface area contributed by atoms with Crippen molar-refractivity contribution in [3.05, 3.63) is 89.2 Å². The molecule has 2 aliphatic carbocycles. The number of hydrogen-bond donors (Lipinski definition) is 3. The summed E-state index contributed by atoms with van der Waals surface area (Å²) in [6, 6.07) is 19.0. The number of alkyl carbamates (subject to hydrolysis) is 1. The minimum Gasteiger partial charge on any atom is -0.478 e. The molecule has 0 aromatic heterocycles. The molecule has 3 aromatic carbocycles. The van der Waals surface area contributed by atoms with Crippen molar-refractivity contribution in [1.29, 1.82) is 0 Å². The molecule has 34 heavy (non-hydrogen) atoms. The van der Waals surface area contributed by atoms with Crippen LogP contribution in [0, 0.1) is 5.82 Å². The van der Waals surface area contributed by atoms with Crippen molar-refractivity contribution in [3.63, 3.8) is 0 Å². The van der Waals surface area contributed by atoms with Gasteiger partial charge in [0.05, 0.1) is 11.3 Å². The van der Waals surface area contributed by atoms with Crippen LogP contribution in [0.3, 0.4) is 0 Å². The van der Waals surface area contributed by atoms with E-state index in [9.17, 15) is 18.8 Å². The van der Waals surface area contributed by atoms with E-state index in [0.29, 0.717) is 12.8 Å². The third-order valence-electron chi connectivity index (χ3n) is 6.33. The summed E-state index contributed by atoms with van der Waals surface area (Å²) in [6.45, 7) is 0.104. The second-order valence-corrected chi connectivity index (χ2v) is 8.49. The van der Waals surface area contributed by atoms with E-state index in [1.54, 1.807) is 0 Å². The maximum atomic E-state index is 14.1. The first-order valence-electron chi connectivity index (χ1n) is 10.9. The number of aromatic carboxylic acids is 1. The van der Waals surface area contributed by atoms with Gasteiger partial charge in [0.25, 0.3) is 0 Å². The minimum atomic E-state index is -1.24. The van der Waals surface area contributed by atoms with Crippen molar-refractivity contribution >= 4 is 23.7 Å². The van der Waals surface area contributed by atoms with Crippen LogP contribution in [0.25, 0.3) is 11.1 Å². The molecular formula is C26H21FN2O5. The Morgan fingerprint density at radius 1 is 0.971 bits per heavy atom. The number of benzene rings is 3. The maximum absolute atomic E-state index is 14.1. The zero-order chi connectivity index (χ0) is 23.9. The molecule has 8 heteroatoms. The number of anilines is 1. The van der Waals surface area contributed by atoms with Crippen molar-refractivity contribution in [3.8, 4) is 11.1 Å². The lowest BCUT2D eigenvalue weighted by Crippen LogP contribution is -2.46. The molecule has 0 spiro atoms. The molecule has 0 heterocycles. The van der Waals surface area contributed by atoms with E-state index in [-0.39, 0.29) is 23.8 Å². The number of carboxylic acids is 1. The molecule has 5 rings (SSSR count). The quantitative estimate of drug-likeness (QED) is 0.501. The van der Waals surface area contributed by atoms with E-state index < -0.39 is 29.3 Å². The summed E-state index contributed by atoms with van der Waals surface area (Å²) < 4.78 is 19.6. The summed E-state index contributed by atoms with van der Waals surface area (Å²) in [5, 5.41) is 14.1. The molecule has 1 saturated carbocycles. The van der Waals surface area contributed by atoms with Crippen molar-refractivity contribution < 1.29 is 28.6 Å². The van der Waals surface area contributed by atoms with Crippen LogP contribution >= 0.6 is 0 Å². The van der Waals surface area contributed by atoms with E-state index in [1.165, 1.54) is 0 Å². The largest absolute Gasteiger partial charge is 0.478 e. The highest BCUT2D eigenvalue weighted by Gasteiger charge is 2.52. The molecule has 2 amide bonds. The molecule has 0 bridgehead atoms. The average molecular weight is 460 g/mol. The number of carbonyl (C=O) groups is 3. The second-order valence-electron chi connectivity index (χ2n) is 8.49. The average Bonchev–Trinajstić information content (AvgIpc) is 3.54. The van der Waals surface area contributed by atoms with Gasteiger partial charge in [-0.25, -0.2) is 14.0 Å². The Kier molecular flexibility index (Phi) is 5.28. The molecule has 7 nitrogen and oxygen atoms in total. The second kappa shape index (κ2) is 8.30. The standard InChI is InChI=1S/C26H21FN2O5/c27-21-10-9-15(23(30)31)13-22(21)28-24(32)26(11-12-26)29-25(33)34-14-20-18-7-3-1-5-16(18)17-6-2-4-8-19(17)20/h1-10,13,20H,11-12,14H2,(H,28,32)(H,29,33)(H,30,31). The lowest BCUT2D eigenvalue weighted by atomic mass is 9.98. The SMILES string of the molecule is O=C(NC1(C(=O)Nc2cc(C(=O)O)ccc2F)CC1)OCC1c2ccccc2-c2ccccc21. The van der Waals surface area contributed by atoms with Gasteiger partial charge in [-0.3, -0.25) is 4.79 Å². The number of ether oxygens (including phenoxy) is 1. The summed E-state index contributed by atoms with van der Waals surface area (Å²) in [5.74, 6) is -2.75. The molecule has 1 fully saturated rings. The van der Waals surface area contributed by atoms with E-state index >= 15 is 0 Å². The van der Waals surface area contributed by atoms with Crippen LogP contribution in [0.5, 0.6) is 0 Å². The zero-order valence-corrected chi connectivity index (χ0v) is 18.0. The van der Waals surface area contributed by atoms with Gasteiger partial charge in [0.15, 0.2) is 0 Å². The summed E-state index contributed by atoms with van der Waals surface area (Å²) in [5.41, 5.74) is 2.73. The third-order valence-corrected chi connectivity index (χ3v) is 6.33. The van der Waals surface area contributed by atoms with Crippen LogP contribution < -0.4 is 10.6 Å². The highest BCUT2D eigenvalue weighted by molar-refractivity contribution is 6.03. The van der Waals surface area contributed by atoms with Gasteiger partial charge in [-0.05, 0) is 53.3 Å². The number of nitrogens with one attached hydrogen (secondary N) is 2. The Morgan fingerprint density at radius 2 is 1.59 bits per heavy atom. The fraction of sp³-hybridized carbons (Fsp3) is 0.192. The first-order chi connectivity index (χ1) is 16.4. The van der Waals surface area contributed by atoms with Crippen molar-refractivity contribution in [2.24, 2.45) is 0 Å². The number of carbonyl (C=O) groups excluding carboxylic acids is 2. The van der Waals surface area contributed by atoms with Crippen molar-refractivity contribution in [1.82, 2.24) is 5.32 Å². The summed E-state index contributed by atoms with van der Waals surface area (Å²) in [4.78, 5) is 36.5. The van der Waals surface area contributed by atoms with E-state index in [1.807, 2.05) is 48.5 Å². The summed E-state index contributed by atoms with van der Waals surface area (Å²) in [7, 11) is 0. The van der Waals surface area contributed by atoms with Gasteiger partial charge in [-0.15, -0.1) is 0 Å². The lowest BCUT2D eigenvalue weighted by molar-refractivity contribution is -0.119. The van der Waals surface area contributed by atoms with Gasteiger partial charge in [-0.2, -0.15) is 0 Å². The molecule has 0 unspecified atom stereocenters. The predicted molar refractivity (Wildman–Crippen MR) is 122 cm³/mol. The van der Waals surface area contributed by atoms with Gasteiger partial charge in [-0.1, -0.05) is 48.5 Å². The highest BCUT2D eigenvalue weighted by atomic mass is 19.1. The third kappa shape index (κ3) is 3.87. The highest BCUT2D eigenvalue weighted by Crippen LogP contribution is 2.44. The van der Waals surface area contributed by atoms with E-state index in [4.69, 9.17) is 9.84 Å². The van der Waals surface area contributed by atoms with Crippen LogP contribution in [0.1, 0.15) is 40.2 Å². The van der Waals surface area contributed by atoms with E-state index in [0.717, 1.165) is 40.5 Å². The Labute approximate surface area is 194 Å². The number of rotatable bonds is 6.